The van der Waals surface area contributed by atoms with Crippen molar-refractivity contribution in [3.63, 3.8) is 0 Å². The Hall–Kier alpha value is -3.20. The first-order valence-corrected chi connectivity index (χ1v) is 11.2. The Morgan fingerprint density at radius 1 is 0.794 bits per heavy atom. The minimum Gasteiger partial charge on any atom is -0.204 e. The molecule has 0 aliphatic heterocycles. The first-order chi connectivity index (χ1) is 16.3. The van der Waals surface area contributed by atoms with Crippen molar-refractivity contribution in [2.24, 2.45) is 5.92 Å². The van der Waals surface area contributed by atoms with E-state index in [4.69, 9.17) is 0 Å². The third-order valence-electron chi connectivity index (χ3n) is 6.57. The van der Waals surface area contributed by atoms with Crippen LogP contribution in [-0.4, -0.2) is 0 Å². The van der Waals surface area contributed by atoms with Gasteiger partial charge in [0.1, 0.15) is 5.56 Å². The molecule has 0 radical (unpaired) electrons. The molecule has 0 nitrogen and oxygen atoms in total. The molecule has 176 valence electrons. The third kappa shape index (κ3) is 4.57. The van der Waals surface area contributed by atoms with E-state index in [2.05, 4.69) is 18.4 Å². The molecule has 6 heteroatoms. The Morgan fingerprint density at radius 3 is 2.12 bits per heavy atom. The number of allylic oxidation sites excluding steroid dienone is 1. The van der Waals surface area contributed by atoms with Gasteiger partial charge in [-0.1, -0.05) is 30.0 Å². The lowest BCUT2D eigenvalue weighted by Crippen LogP contribution is -2.17. The van der Waals surface area contributed by atoms with E-state index in [9.17, 15) is 26.3 Å². The average Bonchev–Trinajstić information content (AvgIpc) is 2.84. The van der Waals surface area contributed by atoms with Gasteiger partial charge in [0.15, 0.2) is 34.9 Å². The van der Waals surface area contributed by atoms with Crippen LogP contribution in [0.4, 0.5) is 26.3 Å². The number of rotatable bonds is 4. The van der Waals surface area contributed by atoms with Crippen LogP contribution in [0.2, 0.25) is 0 Å². The summed E-state index contributed by atoms with van der Waals surface area (Å²) in [4.78, 5) is 0. The number of benzene rings is 3. The minimum absolute atomic E-state index is 0.0172. The molecule has 34 heavy (non-hydrogen) atoms. The first-order valence-electron chi connectivity index (χ1n) is 11.2. The van der Waals surface area contributed by atoms with Crippen molar-refractivity contribution in [1.29, 1.82) is 0 Å². The third-order valence-corrected chi connectivity index (χ3v) is 6.57. The van der Waals surface area contributed by atoms with Crippen molar-refractivity contribution < 1.29 is 26.3 Å². The van der Waals surface area contributed by atoms with Gasteiger partial charge >= 0.3 is 0 Å². The first kappa shape index (κ1) is 23.9. The Kier molecular flexibility index (Phi) is 7.02. The van der Waals surface area contributed by atoms with Crippen molar-refractivity contribution in [1.82, 2.24) is 0 Å². The summed E-state index contributed by atoms with van der Waals surface area (Å²) in [5.74, 6) is -3.45. The molecule has 0 aromatic heterocycles. The van der Waals surface area contributed by atoms with E-state index in [1.54, 1.807) is 0 Å². The minimum atomic E-state index is -1.52. The van der Waals surface area contributed by atoms with Crippen LogP contribution in [0, 0.1) is 52.7 Å². The van der Waals surface area contributed by atoms with Gasteiger partial charge in [0.05, 0.1) is 0 Å². The van der Waals surface area contributed by atoms with Crippen LogP contribution in [-0.2, 0) is 0 Å². The van der Waals surface area contributed by atoms with Crippen molar-refractivity contribution in [2.75, 3.05) is 0 Å². The molecule has 0 N–H and O–H groups in total. The molecular weight excluding hydrogens is 450 g/mol. The highest BCUT2D eigenvalue weighted by atomic mass is 19.2. The second-order valence-corrected chi connectivity index (χ2v) is 8.68. The molecule has 3 aromatic carbocycles. The molecule has 1 saturated carbocycles. The Labute approximate surface area is 194 Å². The molecule has 0 spiro atoms. The summed E-state index contributed by atoms with van der Waals surface area (Å²) in [6.45, 7) is 3.69. The molecule has 0 bridgehead atoms. The second kappa shape index (κ2) is 9.97. The SMILES string of the molecule is C=CCCC1CCC(c2c(F)c(F)c(C#Cc3ccc4c(F)c(F)ccc4c3)c(F)c2F)CC1. The molecular formula is C28H22F6. The predicted molar refractivity (Wildman–Crippen MR) is 120 cm³/mol. The number of hydrogen-bond acceptors (Lipinski definition) is 0. The van der Waals surface area contributed by atoms with Gasteiger partial charge in [-0.15, -0.1) is 6.58 Å². The quantitative estimate of drug-likeness (QED) is 0.155. The molecule has 0 unspecified atom stereocenters. The molecule has 4 rings (SSSR count). The van der Waals surface area contributed by atoms with Gasteiger partial charge in [-0.25, -0.2) is 26.3 Å². The van der Waals surface area contributed by atoms with Crippen LogP contribution < -0.4 is 0 Å². The zero-order valence-corrected chi connectivity index (χ0v) is 18.3. The second-order valence-electron chi connectivity index (χ2n) is 8.68. The van der Waals surface area contributed by atoms with Gasteiger partial charge in [0.25, 0.3) is 0 Å². The highest BCUT2D eigenvalue weighted by Gasteiger charge is 2.32. The number of halogens is 6. The van der Waals surface area contributed by atoms with Crippen molar-refractivity contribution in [3.05, 3.63) is 94.6 Å². The highest BCUT2D eigenvalue weighted by molar-refractivity contribution is 5.84. The fourth-order valence-electron chi connectivity index (χ4n) is 4.69. The standard InChI is InChI=1S/C28H22F6/c1-2-3-4-16-5-9-18(10-6-16)23-27(33)25(31)21(26(32)28(23)34)13-8-17-7-12-20-19(15-17)11-14-22(29)24(20)30/h2,7,11-12,14-16,18H,1,3-6,9-10H2. The van der Waals surface area contributed by atoms with Crippen LogP contribution in [0.15, 0.2) is 43.0 Å². The normalized spacial score (nSPS) is 17.9. The fourth-order valence-corrected chi connectivity index (χ4v) is 4.69. The largest absolute Gasteiger partial charge is 0.204 e. The number of fused-ring (bicyclic) bond motifs is 1. The van der Waals surface area contributed by atoms with Crippen LogP contribution >= 0.6 is 0 Å². The summed E-state index contributed by atoms with van der Waals surface area (Å²) in [6, 6.07) is 6.29. The van der Waals surface area contributed by atoms with Gasteiger partial charge in [0, 0.05) is 16.5 Å². The predicted octanol–water partition coefficient (Wildman–Crippen LogP) is 8.31. The van der Waals surface area contributed by atoms with Gasteiger partial charge < -0.3 is 0 Å². The van der Waals surface area contributed by atoms with E-state index in [0.717, 1.165) is 31.7 Å². The monoisotopic (exact) mass is 472 g/mol. The van der Waals surface area contributed by atoms with Crippen molar-refractivity contribution in [3.8, 4) is 11.8 Å². The molecule has 3 aromatic rings. The van der Waals surface area contributed by atoms with E-state index in [1.165, 1.54) is 24.3 Å². The zero-order valence-electron chi connectivity index (χ0n) is 18.3. The van der Waals surface area contributed by atoms with Gasteiger partial charge in [-0.3, -0.25) is 0 Å². The Morgan fingerprint density at radius 2 is 1.47 bits per heavy atom. The maximum absolute atomic E-state index is 14.9. The van der Waals surface area contributed by atoms with Crippen LogP contribution in [0.3, 0.4) is 0 Å². The van der Waals surface area contributed by atoms with E-state index < -0.39 is 51.9 Å². The Bertz CT molecular complexity index is 1280. The molecule has 0 saturated heterocycles. The van der Waals surface area contributed by atoms with Gasteiger partial charge in [0.2, 0.25) is 0 Å². The summed E-state index contributed by atoms with van der Waals surface area (Å²) < 4.78 is 86.5. The smallest absolute Gasteiger partial charge is 0.177 e. The molecule has 0 amide bonds. The van der Waals surface area contributed by atoms with E-state index in [1.807, 2.05) is 6.08 Å². The topological polar surface area (TPSA) is 0 Å². The molecule has 1 aliphatic rings. The van der Waals surface area contributed by atoms with Crippen LogP contribution in [0.5, 0.6) is 0 Å². The van der Waals surface area contributed by atoms with Crippen molar-refractivity contribution >= 4 is 10.8 Å². The number of hydrogen-bond donors (Lipinski definition) is 0. The summed E-state index contributed by atoms with van der Waals surface area (Å²) in [7, 11) is 0. The lowest BCUT2D eigenvalue weighted by molar-refractivity contribution is 0.298. The molecule has 1 fully saturated rings. The molecule has 0 heterocycles. The molecule has 1 aliphatic carbocycles. The summed E-state index contributed by atoms with van der Waals surface area (Å²) >= 11 is 0. The maximum atomic E-state index is 14.9. The Balaban J connectivity index is 1.63. The fraction of sp³-hybridized carbons (Fsp3) is 0.286. The zero-order chi connectivity index (χ0) is 24.4. The molecule has 0 atom stereocenters. The summed E-state index contributed by atoms with van der Waals surface area (Å²) in [5.41, 5.74) is -1.32. The van der Waals surface area contributed by atoms with E-state index in [0.29, 0.717) is 24.1 Å². The van der Waals surface area contributed by atoms with Gasteiger partial charge in [-0.05, 0) is 73.9 Å². The van der Waals surface area contributed by atoms with E-state index >= 15 is 0 Å². The average molecular weight is 472 g/mol. The van der Waals surface area contributed by atoms with Gasteiger partial charge in [-0.2, -0.15) is 0 Å². The maximum Gasteiger partial charge on any atom is 0.177 e. The van der Waals surface area contributed by atoms with E-state index in [-0.39, 0.29) is 10.9 Å². The lowest BCUT2D eigenvalue weighted by Gasteiger charge is -2.29. The summed E-state index contributed by atoms with van der Waals surface area (Å²) in [5, 5.41) is 0.339. The van der Waals surface area contributed by atoms with Crippen LogP contribution in [0.1, 0.15) is 61.1 Å². The highest BCUT2D eigenvalue weighted by Crippen LogP contribution is 2.41. The van der Waals surface area contributed by atoms with Crippen molar-refractivity contribution in [2.45, 2.75) is 44.4 Å². The lowest BCUT2D eigenvalue weighted by atomic mass is 9.76. The van der Waals surface area contributed by atoms with Crippen LogP contribution in [0.25, 0.3) is 10.8 Å². The summed E-state index contributed by atoms with van der Waals surface area (Å²) in [6.07, 6.45) is 5.99.